The number of likely N-dealkylation sites (tertiary alicyclic amines) is 1. The summed E-state index contributed by atoms with van der Waals surface area (Å²) < 4.78 is -0.574. The van der Waals surface area contributed by atoms with Crippen LogP contribution in [0.15, 0.2) is 18.2 Å². The molecule has 8 heteroatoms. The minimum absolute atomic E-state index is 0.0503. The van der Waals surface area contributed by atoms with Gasteiger partial charge in [0.1, 0.15) is 6.04 Å². The molecule has 180 valence electrons. The fourth-order valence-electron chi connectivity index (χ4n) is 5.96. The van der Waals surface area contributed by atoms with Crippen LogP contribution >= 0.6 is 11.8 Å². The third-order valence-corrected chi connectivity index (χ3v) is 9.39. The average Bonchev–Trinajstić information content (AvgIpc) is 3.42. The van der Waals surface area contributed by atoms with Crippen molar-refractivity contribution in [2.24, 2.45) is 11.8 Å². The summed E-state index contributed by atoms with van der Waals surface area (Å²) in [6, 6.07) is 5.27. The third-order valence-electron chi connectivity index (χ3n) is 7.44. The van der Waals surface area contributed by atoms with Gasteiger partial charge in [-0.2, -0.15) is 0 Å². The molecule has 2 unspecified atom stereocenters. The van der Waals surface area contributed by atoms with Gasteiger partial charge in [-0.25, -0.2) is 0 Å². The van der Waals surface area contributed by atoms with Gasteiger partial charge < -0.3 is 20.6 Å². The molecule has 5 atom stereocenters. The first-order chi connectivity index (χ1) is 15.9. The average molecular weight is 474 g/mol. The van der Waals surface area contributed by atoms with Crippen LogP contribution in [0.5, 0.6) is 0 Å². The number of nitrogens with zero attached hydrogens (tertiary/aromatic N) is 1. The normalized spacial score (nSPS) is 29.9. The molecule has 3 aliphatic rings. The lowest BCUT2D eigenvalue weighted by molar-refractivity contribution is -0.139. The zero-order chi connectivity index (χ0) is 23.8. The van der Waals surface area contributed by atoms with Gasteiger partial charge in [0.15, 0.2) is 0 Å². The number of aliphatic hydroxyl groups is 1. The van der Waals surface area contributed by atoms with Crippen molar-refractivity contribution in [1.82, 2.24) is 10.2 Å². The van der Waals surface area contributed by atoms with Crippen LogP contribution in [0.25, 0.3) is 0 Å². The van der Waals surface area contributed by atoms with E-state index in [1.165, 1.54) is 0 Å². The first-order valence-corrected chi connectivity index (χ1v) is 13.0. The van der Waals surface area contributed by atoms with Crippen molar-refractivity contribution < 1.29 is 19.5 Å². The number of hydrogen-bond acceptors (Lipinski definition) is 5. The minimum atomic E-state index is -0.619. The number of thioether (sulfide) groups is 1. The van der Waals surface area contributed by atoms with Crippen molar-refractivity contribution in [2.75, 3.05) is 25.0 Å². The van der Waals surface area contributed by atoms with Crippen LogP contribution in [0.4, 0.5) is 5.69 Å². The van der Waals surface area contributed by atoms with Crippen molar-refractivity contribution in [1.29, 1.82) is 0 Å². The number of unbranched alkanes of at least 4 members (excludes halogenated alkanes) is 1. The Morgan fingerprint density at radius 3 is 2.61 bits per heavy atom. The number of anilines is 1. The van der Waals surface area contributed by atoms with E-state index in [9.17, 15) is 19.5 Å². The van der Waals surface area contributed by atoms with Gasteiger partial charge in [-0.3, -0.25) is 14.4 Å². The summed E-state index contributed by atoms with van der Waals surface area (Å²) in [5.74, 6) is -1.17. The molecular weight excluding hydrogens is 438 g/mol. The van der Waals surface area contributed by atoms with Gasteiger partial charge in [0.2, 0.25) is 17.7 Å². The predicted molar refractivity (Wildman–Crippen MR) is 130 cm³/mol. The maximum atomic E-state index is 13.8. The fourth-order valence-corrected chi connectivity index (χ4v) is 8.18. The molecule has 3 fully saturated rings. The third kappa shape index (κ3) is 4.05. The highest BCUT2D eigenvalue weighted by Gasteiger charge is 2.73. The Balaban J connectivity index is 1.67. The molecule has 7 nitrogen and oxygen atoms in total. The van der Waals surface area contributed by atoms with E-state index in [-0.39, 0.29) is 35.5 Å². The number of nitrogens with one attached hydrogen (secondary N) is 2. The van der Waals surface area contributed by atoms with Crippen molar-refractivity contribution in [2.45, 2.75) is 68.9 Å². The van der Waals surface area contributed by atoms with Crippen LogP contribution in [0.3, 0.4) is 0 Å². The summed E-state index contributed by atoms with van der Waals surface area (Å²) in [7, 11) is 0. The molecule has 33 heavy (non-hydrogen) atoms. The van der Waals surface area contributed by atoms with Gasteiger partial charge in [0, 0.05) is 30.6 Å². The number of hydrogen-bond donors (Lipinski definition) is 3. The van der Waals surface area contributed by atoms with Crippen LogP contribution in [0, 0.1) is 25.7 Å². The number of aliphatic hydroxyl groups excluding tert-OH is 1. The molecule has 3 amide bonds. The molecule has 0 saturated carbocycles. The number of para-hydroxylation sites is 1. The summed E-state index contributed by atoms with van der Waals surface area (Å²) >= 11 is 1.69. The molecule has 0 aliphatic carbocycles. The van der Waals surface area contributed by atoms with Crippen LogP contribution < -0.4 is 10.6 Å². The maximum absolute atomic E-state index is 13.8. The number of amides is 3. The second kappa shape index (κ2) is 9.66. The van der Waals surface area contributed by atoms with E-state index in [0.29, 0.717) is 25.9 Å². The fraction of sp³-hybridized carbons (Fsp3) is 0.640. The molecule has 1 aromatic carbocycles. The lowest BCUT2D eigenvalue weighted by Crippen LogP contribution is -2.52. The molecule has 3 heterocycles. The Morgan fingerprint density at radius 1 is 1.21 bits per heavy atom. The first kappa shape index (κ1) is 24.1. The number of fused-ring (bicyclic) bond motifs is 1. The Morgan fingerprint density at radius 2 is 1.94 bits per heavy atom. The van der Waals surface area contributed by atoms with Crippen LogP contribution in [-0.2, 0) is 14.4 Å². The van der Waals surface area contributed by atoms with Crippen LogP contribution in [-0.4, -0.2) is 63.5 Å². The van der Waals surface area contributed by atoms with E-state index in [1.807, 2.05) is 39.0 Å². The molecule has 2 bridgehead atoms. The highest BCUT2D eigenvalue weighted by molar-refractivity contribution is 8.02. The molecule has 4 rings (SSSR count). The summed E-state index contributed by atoms with van der Waals surface area (Å²) in [5, 5.41) is 15.5. The monoisotopic (exact) mass is 473 g/mol. The van der Waals surface area contributed by atoms with E-state index in [0.717, 1.165) is 36.1 Å². The number of aryl methyl sites for hydroxylation is 2. The molecule has 1 aromatic rings. The molecular formula is C25H35N3O4S. The van der Waals surface area contributed by atoms with Crippen LogP contribution in [0.1, 0.15) is 50.2 Å². The predicted octanol–water partition coefficient (Wildman–Crippen LogP) is 2.63. The van der Waals surface area contributed by atoms with Gasteiger partial charge >= 0.3 is 0 Å². The Labute approximate surface area is 200 Å². The Bertz CT molecular complexity index is 918. The Hall–Kier alpha value is -2.06. The first-order valence-electron chi connectivity index (χ1n) is 12.1. The standard InChI is InChI=1S/C25H35N3O4S/c1-4-12-26-22(30)18-17-10-11-25(33-17)19(18)24(32)28(13-5-6-14-29)21(25)23(31)27-20-15(2)8-7-9-16(20)3/h7-9,17-19,21,29H,4-6,10-14H2,1-3H3,(H,26,30)(H,27,31)/t17-,18+,19-,21?,25?/m0/s1. The molecule has 0 aromatic heterocycles. The van der Waals surface area contributed by atoms with E-state index in [2.05, 4.69) is 10.6 Å². The van der Waals surface area contributed by atoms with Crippen molar-refractivity contribution in [3.05, 3.63) is 29.3 Å². The largest absolute Gasteiger partial charge is 0.396 e. The highest BCUT2D eigenvalue weighted by Crippen LogP contribution is 2.66. The zero-order valence-electron chi connectivity index (χ0n) is 19.7. The van der Waals surface area contributed by atoms with Gasteiger partial charge in [-0.15, -0.1) is 11.8 Å². The summed E-state index contributed by atoms with van der Waals surface area (Å²) in [4.78, 5) is 42.3. The minimum Gasteiger partial charge on any atom is -0.396 e. The summed E-state index contributed by atoms with van der Waals surface area (Å²) in [5.41, 5.74) is 2.75. The van der Waals surface area contributed by atoms with Gasteiger partial charge in [0.05, 0.1) is 16.6 Å². The number of rotatable bonds is 9. The van der Waals surface area contributed by atoms with Crippen LogP contribution in [0.2, 0.25) is 0 Å². The van der Waals surface area contributed by atoms with E-state index in [4.69, 9.17) is 0 Å². The summed E-state index contributed by atoms with van der Waals surface area (Å²) in [6.45, 7) is 7.00. The SMILES string of the molecule is CCCNC(=O)[C@@H]1[C@@H]2CCC3(S2)C(C(=O)Nc2c(C)cccc2C)N(CCCCO)C(=O)[C@H]13. The second-order valence-corrected chi connectivity index (χ2v) is 11.2. The van der Waals surface area contributed by atoms with Gasteiger partial charge in [0.25, 0.3) is 0 Å². The van der Waals surface area contributed by atoms with Crippen molar-refractivity contribution in [3.63, 3.8) is 0 Å². The van der Waals surface area contributed by atoms with Gasteiger partial charge in [-0.1, -0.05) is 25.1 Å². The van der Waals surface area contributed by atoms with E-state index < -0.39 is 16.7 Å². The number of carbonyl (C=O) groups excluding carboxylic acids is 3. The molecule has 3 N–H and O–H groups in total. The summed E-state index contributed by atoms with van der Waals surface area (Å²) in [6.07, 6.45) is 3.64. The topological polar surface area (TPSA) is 98.7 Å². The van der Waals surface area contributed by atoms with E-state index >= 15 is 0 Å². The zero-order valence-corrected chi connectivity index (χ0v) is 20.5. The molecule has 3 saturated heterocycles. The number of benzene rings is 1. The lowest BCUT2D eigenvalue weighted by atomic mass is 9.70. The highest BCUT2D eigenvalue weighted by atomic mass is 32.2. The quantitative estimate of drug-likeness (QED) is 0.479. The lowest BCUT2D eigenvalue weighted by Gasteiger charge is -2.34. The van der Waals surface area contributed by atoms with Crippen molar-refractivity contribution >= 4 is 35.2 Å². The second-order valence-electron chi connectivity index (χ2n) is 9.57. The van der Waals surface area contributed by atoms with Crippen molar-refractivity contribution in [3.8, 4) is 0 Å². The molecule has 3 aliphatic heterocycles. The van der Waals surface area contributed by atoms with E-state index in [1.54, 1.807) is 16.7 Å². The smallest absolute Gasteiger partial charge is 0.248 e. The molecule has 1 spiro atoms. The molecule has 0 radical (unpaired) electrons. The van der Waals surface area contributed by atoms with Gasteiger partial charge in [-0.05, 0) is 57.1 Å². The Kier molecular flexibility index (Phi) is 7.05. The number of carbonyl (C=O) groups is 3. The maximum Gasteiger partial charge on any atom is 0.248 e.